The van der Waals surface area contributed by atoms with E-state index in [2.05, 4.69) is 18.1 Å². The molecule has 0 spiro atoms. The summed E-state index contributed by atoms with van der Waals surface area (Å²) in [5, 5.41) is 4.47. The van der Waals surface area contributed by atoms with E-state index in [1.807, 2.05) is 35.9 Å². The highest BCUT2D eigenvalue weighted by molar-refractivity contribution is 5.38. The molecule has 0 bridgehead atoms. The second-order valence-corrected chi connectivity index (χ2v) is 5.28. The normalized spacial score (nSPS) is 18.4. The van der Waals surface area contributed by atoms with E-state index in [0.29, 0.717) is 6.61 Å². The third-order valence-corrected chi connectivity index (χ3v) is 3.55. The lowest BCUT2D eigenvalue weighted by Gasteiger charge is -2.12. The number of aromatic nitrogens is 2. The molecule has 1 aromatic heterocycles. The Morgan fingerprint density at radius 2 is 2.10 bits per heavy atom. The first kappa shape index (κ1) is 13.2. The van der Waals surface area contributed by atoms with Gasteiger partial charge in [-0.15, -0.1) is 0 Å². The number of ether oxygens (including phenoxy) is 2. The molecular weight excluding hydrogens is 252 g/mol. The molecule has 4 nitrogen and oxygen atoms in total. The second-order valence-electron chi connectivity index (χ2n) is 5.28. The van der Waals surface area contributed by atoms with E-state index in [0.717, 1.165) is 42.3 Å². The Hall–Kier alpha value is -1.81. The highest BCUT2D eigenvalue weighted by Crippen LogP contribution is 2.19. The molecule has 3 rings (SSSR count). The molecule has 20 heavy (non-hydrogen) atoms. The molecule has 2 heterocycles. The van der Waals surface area contributed by atoms with Gasteiger partial charge in [-0.2, -0.15) is 5.10 Å². The summed E-state index contributed by atoms with van der Waals surface area (Å²) in [7, 11) is 0. The van der Waals surface area contributed by atoms with Crippen molar-refractivity contribution in [2.45, 2.75) is 32.8 Å². The zero-order valence-electron chi connectivity index (χ0n) is 12.0. The van der Waals surface area contributed by atoms with Gasteiger partial charge in [0.25, 0.3) is 0 Å². The van der Waals surface area contributed by atoms with Crippen LogP contribution in [0.25, 0.3) is 5.69 Å². The van der Waals surface area contributed by atoms with Crippen LogP contribution in [0.5, 0.6) is 5.75 Å². The SMILES string of the molecule is Cc1cc(C)n(-c2ccc(OCC3CCCO3)cc2)n1. The molecule has 0 saturated carbocycles. The Labute approximate surface area is 119 Å². The highest BCUT2D eigenvalue weighted by atomic mass is 16.5. The third-order valence-electron chi connectivity index (χ3n) is 3.55. The minimum atomic E-state index is 0.255. The molecule has 0 aliphatic carbocycles. The molecule has 0 radical (unpaired) electrons. The molecule has 1 unspecified atom stereocenters. The van der Waals surface area contributed by atoms with Crippen molar-refractivity contribution in [3.8, 4) is 11.4 Å². The Morgan fingerprint density at radius 3 is 2.70 bits per heavy atom. The van der Waals surface area contributed by atoms with Crippen LogP contribution in [0.15, 0.2) is 30.3 Å². The number of rotatable bonds is 4. The van der Waals surface area contributed by atoms with Crippen LogP contribution >= 0.6 is 0 Å². The van der Waals surface area contributed by atoms with Crippen molar-refractivity contribution in [1.29, 1.82) is 0 Å². The van der Waals surface area contributed by atoms with Gasteiger partial charge in [-0.1, -0.05) is 0 Å². The van der Waals surface area contributed by atoms with Crippen molar-refractivity contribution in [3.05, 3.63) is 41.7 Å². The molecule has 1 fully saturated rings. The Balaban J connectivity index is 1.66. The summed E-state index contributed by atoms with van der Waals surface area (Å²) < 4.78 is 13.3. The fourth-order valence-corrected chi connectivity index (χ4v) is 2.54. The minimum Gasteiger partial charge on any atom is -0.491 e. The first-order chi connectivity index (χ1) is 9.72. The van der Waals surface area contributed by atoms with Gasteiger partial charge in [-0.05, 0) is 57.0 Å². The van der Waals surface area contributed by atoms with Crippen LogP contribution in [0.4, 0.5) is 0 Å². The van der Waals surface area contributed by atoms with Gasteiger partial charge in [-0.3, -0.25) is 0 Å². The monoisotopic (exact) mass is 272 g/mol. The number of nitrogens with zero attached hydrogens (tertiary/aromatic N) is 2. The highest BCUT2D eigenvalue weighted by Gasteiger charge is 2.15. The Bertz CT molecular complexity index is 569. The molecule has 1 saturated heterocycles. The van der Waals surface area contributed by atoms with Crippen LogP contribution in [-0.2, 0) is 4.74 Å². The molecule has 1 aliphatic rings. The van der Waals surface area contributed by atoms with E-state index in [1.165, 1.54) is 0 Å². The van der Waals surface area contributed by atoms with Gasteiger partial charge in [0.15, 0.2) is 0 Å². The number of hydrogen-bond donors (Lipinski definition) is 0. The predicted molar refractivity (Wildman–Crippen MR) is 77.5 cm³/mol. The zero-order valence-corrected chi connectivity index (χ0v) is 12.0. The first-order valence-electron chi connectivity index (χ1n) is 7.10. The summed E-state index contributed by atoms with van der Waals surface area (Å²) in [6, 6.07) is 10.1. The van der Waals surface area contributed by atoms with Crippen molar-refractivity contribution in [1.82, 2.24) is 9.78 Å². The van der Waals surface area contributed by atoms with Gasteiger partial charge in [0, 0.05) is 12.3 Å². The maximum absolute atomic E-state index is 5.76. The Morgan fingerprint density at radius 1 is 1.30 bits per heavy atom. The summed E-state index contributed by atoms with van der Waals surface area (Å²) in [5.41, 5.74) is 3.22. The third kappa shape index (κ3) is 2.85. The van der Waals surface area contributed by atoms with Crippen molar-refractivity contribution < 1.29 is 9.47 Å². The lowest BCUT2D eigenvalue weighted by Crippen LogP contribution is -2.16. The second kappa shape index (κ2) is 5.67. The van der Waals surface area contributed by atoms with Crippen LogP contribution in [0.2, 0.25) is 0 Å². The minimum absolute atomic E-state index is 0.255. The van der Waals surface area contributed by atoms with Gasteiger partial charge < -0.3 is 9.47 Å². The summed E-state index contributed by atoms with van der Waals surface area (Å²) in [6.45, 7) is 5.56. The van der Waals surface area contributed by atoms with Gasteiger partial charge in [0.1, 0.15) is 12.4 Å². The molecule has 4 heteroatoms. The largest absolute Gasteiger partial charge is 0.491 e. The van der Waals surface area contributed by atoms with E-state index in [1.54, 1.807) is 0 Å². The number of benzene rings is 1. The van der Waals surface area contributed by atoms with Crippen molar-refractivity contribution in [2.75, 3.05) is 13.2 Å². The van der Waals surface area contributed by atoms with Gasteiger partial charge in [0.2, 0.25) is 0 Å². The summed E-state index contributed by atoms with van der Waals surface area (Å²) >= 11 is 0. The van der Waals surface area contributed by atoms with E-state index in [-0.39, 0.29) is 6.10 Å². The molecule has 0 amide bonds. The van der Waals surface area contributed by atoms with E-state index in [9.17, 15) is 0 Å². The van der Waals surface area contributed by atoms with E-state index in [4.69, 9.17) is 9.47 Å². The molecular formula is C16H20N2O2. The molecule has 1 aromatic carbocycles. The number of hydrogen-bond acceptors (Lipinski definition) is 3. The fraction of sp³-hybridized carbons (Fsp3) is 0.438. The molecule has 0 N–H and O–H groups in total. The Kier molecular flexibility index (Phi) is 3.74. The maximum atomic E-state index is 5.76. The van der Waals surface area contributed by atoms with Gasteiger partial charge in [-0.25, -0.2) is 4.68 Å². The van der Waals surface area contributed by atoms with Crippen molar-refractivity contribution >= 4 is 0 Å². The molecule has 2 aromatic rings. The standard InChI is InChI=1S/C16H20N2O2/c1-12-10-13(2)18(17-12)14-5-7-15(8-6-14)20-11-16-4-3-9-19-16/h5-8,10,16H,3-4,9,11H2,1-2H3. The smallest absolute Gasteiger partial charge is 0.119 e. The lowest BCUT2D eigenvalue weighted by molar-refractivity contribution is 0.0679. The summed E-state index contributed by atoms with van der Waals surface area (Å²) in [5.74, 6) is 0.880. The molecule has 106 valence electrons. The van der Waals surface area contributed by atoms with Crippen molar-refractivity contribution in [3.63, 3.8) is 0 Å². The van der Waals surface area contributed by atoms with Crippen LogP contribution in [-0.4, -0.2) is 29.1 Å². The average Bonchev–Trinajstić information content (AvgIpc) is 3.07. The van der Waals surface area contributed by atoms with Crippen LogP contribution < -0.4 is 4.74 Å². The van der Waals surface area contributed by atoms with Gasteiger partial charge >= 0.3 is 0 Å². The van der Waals surface area contributed by atoms with Gasteiger partial charge in [0.05, 0.1) is 17.5 Å². The van der Waals surface area contributed by atoms with E-state index < -0.39 is 0 Å². The lowest BCUT2D eigenvalue weighted by atomic mass is 10.2. The van der Waals surface area contributed by atoms with Crippen molar-refractivity contribution in [2.24, 2.45) is 0 Å². The predicted octanol–water partition coefficient (Wildman–Crippen LogP) is 3.05. The summed E-state index contributed by atoms with van der Waals surface area (Å²) in [6.07, 6.45) is 2.50. The maximum Gasteiger partial charge on any atom is 0.119 e. The number of aryl methyl sites for hydroxylation is 2. The van der Waals surface area contributed by atoms with Crippen LogP contribution in [0, 0.1) is 13.8 Å². The molecule has 1 atom stereocenters. The first-order valence-corrected chi connectivity index (χ1v) is 7.10. The fourth-order valence-electron chi connectivity index (χ4n) is 2.54. The molecule has 1 aliphatic heterocycles. The average molecular weight is 272 g/mol. The zero-order chi connectivity index (χ0) is 13.9. The summed E-state index contributed by atoms with van der Waals surface area (Å²) in [4.78, 5) is 0. The van der Waals surface area contributed by atoms with Crippen LogP contribution in [0.1, 0.15) is 24.2 Å². The topological polar surface area (TPSA) is 36.3 Å². The van der Waals surface area contributed by atoms with Crippen LogP contribution in [0.3, 0.4) is 0 Å². The quantitative estimate of drug-likeness (QED) is 0.858. The van der Waals surface area contributed by atoms with E-state index >= 15 is 0 Å².